The van der Waals surface area contributed by atoms with E-state index in [1.807, 2.05) is 13.8 Å². The number of carboxylic acids is 1. The van der Waals surface area contributed by atoms with Crippen LogP contribution in [0.5, 0.6) is 0 Å². The van der Waals surface area contributed by atoms with Gasteiger partial charge in [0.2, 0.25) is 0 Å². The highest BCUT2D eigenvalue weighted by molar-refractivity contribution is 5.75. The molecular formula is C12H22N2O4. The van der Waals surface area contributed by atoms with Gasteiger partial charge in [0, 0.05) is 12.6 Å². The summed E-state index contributed by atoms with van der Waals surface area (Å²) in [6, 6.07) is -0.732. The Morgan fingerprint density at radius 3 is 2.67 bits per heavy atom. The molecule has 0 saturated carbocycles. The van der Waals surface area contributed by atoms with E-state index in [0.29, 0.717) is 19.6 Å². The van der Waals surface area contributed by atoms with Crippen LogP contribution in [0.15, 0.2) is 12.7 Å². The summed E-state index contributed by atoms with van der Waals surface area (Å²) in [7, 11) is 0. The number of ether oxygens (including phenoxy) is 1. The van der Waals surface area contributed by atoms with Gasteiger partial charge in [0.1, 0.15) is 0 Å². The lowest BCUT2D eigenvalue weighted by Crippen LogP contribution is -2.45. The number of carbonyl (C=O) groups is 2. The van der Waals surface area contributed by atoms with Gasteiger partial charge in [-0.3, -0.25) is 4.79 Å². The third kappa shape index (κ3) is 8.58. The summed E-state index contributed by atoms with van der Waals surface area (Å²) >= 11 is 0. The number of aliphatic carboxylic acids is 1. The Morgan fingerprint density at radius 1 is 1.50 bits per heavy atom. The zero-order chi connectivity index (χ0) is 14.0. The quantitative estimate of drug-likeness (QED) is 0.541. The van der Waals surface area contributed by atoms with E-state index in [1.165, 1.54) is 0 Å². The Morgan fingerprint density at radius 2 is 2.17 bits per heavy atom. The predicted molar refractivity (Wildman–Crippen MR) is 68.5 cm³/mol. The molecule has 0 heterocycles. The standard InChI is InChI=1S/C12H22N2O4/c1-4-6-18-9(3)8-13-12(17)14-10(5-2)7-11(15)16/h4,9-10H,1,5-8H2,2-3H3,(H,15,16)(H2,13,14,17). The number of carboxylic acid groups (broad SMARTS) is 1. The average molecular weight is 258 g/mol. The predicted octanol–water partition coefficient (Wildman–Crippen LogP) is 1.13. The van der Waals surface area contributed by atoms with Crippen molar-refractivity contribution in [3.8, 4) is 0 Å². The highest BCUT2D eigenvalue weighted by Gasteiger charge is 2.14. The van der Waals surface area contributed by atoms with Crippen LogP contribution in [0.2, 0.25) is 0 Å². The molecule has 0 rings (SSSR count). The van der Waals surface area contributed by atoms with Gasteiger partial charge in [-0.1, -0.05) is 13.0 Å². The summed E-state index contributed by atoms with van der Waals surface area (Å²) in [5.41, 5.74) is 0. The Kier molecular flexibility index (Phi) is 8.65. The second-order valence-electron chi connectivity index (χ2n) is 3.99. The normalized spacial score (nSPS) is 13.4. The fourth-order valence-electron chi connectivity index (χ4n) is 1.27. The van der Waals surface area contributed by atoms with E-state index in [2.05, 4.69) is 17.2 Å². The molecule has 104 valence electrons. The average Bonchev–Trinajstić information content (AvgIpc) is 2.32. The third-order valence-corrected chi connectivity index (χ3v) is 2.30. The Bertz CT molecular complexity index is 281. The molecule has 3 N–H and O–H groups in total. The zero-order valence-electron chi connectivity index (χ0n) is 10.9. The molecule has 18 heavy (non-hydrogen) atoms. The van der Waals surface area contributed by atoms with Gasteiger partial charge in [0.25, 0.3) is 0 Å². The van der Waals surface area contributed by atoms with Crippen LogP contribution < -0.4 is 10.6 Å². The third-order valence-electron chi connectivity index (χ3n) is 2.30. The number of nitrogens with one attached hydrogen (secondary N) is 2. The molecule has 0 aromatic carbocycles. The highest BCUT2D eigenvalue weighted by Crippen LogP contribution is 1.97. The topological polar surface area (TPSA) is 87.7 Å². The molecule has 0 aromatic heterocycles. The summed E-state index contributed by atoms with van der Waals surface area (Å²) in [4.78, 5) is 22.0. The van der Waals surface area contributed by atoms with Crippen molar-refractivity contribution in [1.29, 1.82) is 0 Å². The van der Waals surface area contributed by atoms with E-state index < -0.39 is 5.97 Å². The summed E-state index contributed by atoms with van der Waals surface area (Å²) < 4.78 is 5.28. The second-order valence-corrected chi connectivity index (χ2v) is 3.99. The van der Waals surface area contributed by atoms with Crippen LogP contribution in [-0.4, -0.2) is 42.4 Å². The molecule has 2 atom stereocenters. The van der Waals surface area contributed by atoms with Crippen LogP contribution in [0.1, 0.15) is 26.7 Å². The van der Waals surface area contributed by atoms with Crippen molar-refractivity contribution in [2.75, 3.05) is 13.2 Å². The summed E-state index contributed by atoms with van der Waals surface area (Å²) in [6.07, 6.45) is 2.01. The van der Waals surface area contributed by atoms with Gasteiger partial charge in [0.15, 0.2) is 0 Å². The van der Waals surface area contributed by atoms with Crippen molar-refractivity contribution >= 4 is 12.0 Å². The molecule has 6 nitrogen and oxygen atoms in total. The van der Waals surface area contributed by atoms with Crippen molar-refractivity contribution in [1.82, 2.24) is 10.6 Å². The maximum atomic E-state index is 11.5. The molecule has 0 bridgehead atoms. The van der Waals surface area contributed by atoms with E-state index in [0.717, 1.165) is 0 Å². The Labute approximate surface area is 107 Å². The first-order valence-corrected chi connectivity index (χ1v) is 5.98. The number of urea groups is 1. The van der Waals surface area contributed by atoms with Gasteiger partial charge < -0.3 is 20.5 Å². The van der Waals surface area contributed by atoms with Crippen molar-refractivity contribution in [3.05, 3.63) is 12.7 Å². The van der Waals surface area contributed by atoms with E-state index in [4.69, 9.17) is 9.84 Å². The lowest BCUT2D eigenvalue weighted by molar-refractivity contribution is -0.137. The van der Waals surface area contributed by atoms with Gasteiger partial charge >= 0.3 is 12.0 Å². The molecular weight excluding hydrogens is 236 g/mol. The van der Waals surface area contributed by atoms with Gasteiger partial charge in [-0.05, 0) is 13.3 Å². The second kappa shape index (κ2) is 9.47. The molecule has 6 heteroatoms. The van der Waals surface area contributed by atoms with E-state index in [9.17, 15) is 9.59 Å². The highest BCUT2D eigenvalue weighted by atomic mass is 16.5. The van der Waals surface area contributed by atoms with Crippen molar-refractivity contribution in [3.63, 3.8) is 0 Å². The van der Waals surface area contributed by atoms with Crippen molar-refractivity contribution < 1.29 is 19.4 Å². The summed E-state index contributed by atoms with van der Waals surface area (Å²) in [5, 5.41) is 13.9. The maximum absolute atomic E-state index is 11.5. The maximum Gasteiger partial charge on any atom is 0.315 e. The fourth-order valence-corrected chi connectivity index (χ4v) is 1.27. The minimum atomic E-state index is -0.926. The lowest BCUT2D eigenvalue weighted by Gasteiger charge is -2.17. The fraction of sp³-hybridized carbons (Fsp3) is 0.667. The monoisotopic (exact) mass is 258 g/mol. The smallest absolute Gasteiger partial charge is 0.315 e. The molecule has 0 aromatic rings. The van der Waals surface area contributed by atoms with Gasteiger partial charge in [-0.25, -0.2) is 4.79 Å². The van der Waals surface area contributed by atoms with Gasteiger partial charge in [-0.15, -0.1) is 6.58 Å². The number of amides is 2. The molecule has 2 amide bonds. The van der Waals surface area contributed by atoms with Crippen LogP contribution in [0.25, 0.3) is 0 Å². The molecule has 0 radical (unpaired) electrons. The van der Waals surface area contributed by atoms with Gasteiger partial charge in [-0.2, -0.15) is 0 Å². The number of hydrogen-bond donors (Lipinski definition) is 3. The minimum Gasteiger partial charge on any atom is -0.481 e. The molecule has 0 aliphatic heterocycles. The molecule has 0 aliphatic carbocycles. The first-order valence-electron chi connectivity index (χ1n) is 5.98. The van der Waals surface area contributed by atoms with Crippen LogP contribution in [-0.2, 0) is 9.53 Å². The van der Waals surface area contributed by atoms with E-state index in [1.54, 1.807) is 6.08 Å². The van der Waals surface area contributed by atoms with Crippen LogP contribution in [0.3, 0.4) is 0 Å². The largest absolute Gasteiger partial charge is 0.481 e. The van der Waals surface area contributed by atoms with Crippen molar-refractivity contribution in [2.45, 2.75) is 38.8 Å². The summed E-state index contributed by atoms with van der Waals surface area (Å²) in [5.74, 6) is -0.926. The Balaban J connectivity index is 3.87. The van der Waals surface area contributed by atoms with Crippen LogP contribution in [0.4, 0.5) is 4.79 Å². The first-order chi connectivity index (χ1) is 8.49. The van der Waals surface area contributed by atoms with Crippen LogP contribution >= 0.6 is 0 Å². The van der Waals surface area contributed by atoms with Crippen molar-refractivity contribution in [2.24, 2.45) is 0 Å². The van der Waals surface area contributed by atoms with E-state index in [-0.39, 0.29) is 24.6 Å². The number of rotatable bonds is 9. The minimum absolute atomic E-state index is 0.0769. The molecule has 2 unspecified atom stereocenters. The first kappa shape index (κ1) is 16.4. The van der Waals surface area contributed by atoms with Crippen LogP contribution in [0, 0.1) is 0 Å². The molecule has 0 fully saturated rings. The SMILES string of the molecule is C=CCOC(C)CNC(=O)NC(CC)CC(=O)O. The number of carbonyl (C=O) groups excluding carboxylic acids is 1. The Hall–Kier alpha value is -1.56. The zero-order valence-corrected chi connectivity index (χ0v) is 10.9. The molecule has 0 aliphatic rings. The number of hydrogen-bond acceptors (Lipinski definition) is 3. The van der Waals surface area contributed by atoms with Gasteiger partial charge in [0.05, 0.1) is 19.1 Å². The molecule has 0 spiro atoms. The molecule has 0 saturated heterocycles. The van der Waals surface area contributed by atoms with E-state index >= 15 is 0 Å². The summed E-state index contributed by atoms with van der Waals surface area (Å²) in [6.45, 7) is 7.98. The lowest BCUT2D eigenvalue weighted by atomic mass is 10.1.